The number of nitrogens with zero attached hydrogens (tertiary/aromatic N) is 1. The van der Waals surface area contributed by atoms with Crippen LogP contribution < -0.4 is 0 Å². The molecule has 72 valence electrons. The summed E-state index contributed by atoms with van der Waals surface area (Å²) in [5.74, 6) is 0. The van der Waals surface area contributed by atoms with Crippen molar-refractivity contribution in [3.8, 4) is 0 Å². The van der Waals surface area contributed by atoms with Crippen LogP contribution in [0.25, 0.3) is 0 Å². The SMILES string of the molecule is CCN1CC(C)(C(C)(C)CC)C1. The highest BCUT2D eigenvalue weighted by atomic mass is 15.2. The largest absolute Gasteiger partial charge is 0.302 e. The van der Waals surface area contributed by atoms with Crippen molar-refractivity contribution < 1.29 is 0 Å². The Kier molecular flexibility index (Phi) is 2.53. The van der Waals surface area contributed by atoms with Crippen LogP contribution in [0.15, 0.2) is 0 Å². The molecule has 0 amide bonds. The van der Waals surface area contributed by atoms with Crippen molar-refractivity contribution >= 4 is 0 Å². The lowest BCUT2D eigenvalue weighted by molar-refractivity contribution is -0.0732. The molecule has 0 aliphatic carbocycles. The molecule has 0 saturated carbocycles. The highest BCUT2D eigenvalue weighted by Gasteiger charge is 2.47. The van der Waals surface area contributed by atoms with E-state index in [1.54, 1.807) is 0 Å². The van der Waals surface area contributed by atoms with E-state index in [0.717, 1.165) is 0 Å². The van der Waals surface area contributed by atoms with Gasteiger partial charge in [0.2, 0.25) is 0 Å². The van der Waals surface area contributed by atoms with Crippen LogP contribution in [0, 0.1) is 10.8 Å². The van der Waals surface area contributed by atoms with Crippen LogP contribution >= 0.6 is 0 Å². The topological polar surface area (TPSA) is 3.24 Å². The van der Waals surface area contributed by atoms with Gasteiger partial charge in [-0.15, -0.1) is 0 Å². The second-order valence-corrected chi connectivity index (χ2v) is 5.10. The standard InChI is InChI=1S/C11H23N/c1-6-10(3,4)11(5)8-12(7-2)9-11/h6-9H2,1-5H3. The number of hydrogen-bond donors (Lipinski definition) is 0. The van der Waals surface area contributed by atoms with Crippen LogP contribution in [0.3, 0.4) is 0 Å². The van der Waals surface area contributed by atoms with Gasteiger partial charge in [-0.2, -0.15) is 0 Å². The van der Waals surface area contributed by atoms with Gasteiger partial charge < -0.3 is 4.90 Å². The van der Waals surface area contributed by atoms with E-state index in [9.17, 15) is 0 Å². The second kappa shape index (κ2) is 3.02. The van der Waals surface area contributed by atoms with Crippen molar-refractivity contribution in [1.29, 1.82) is 0 Å². The van der Waals surface area contributed by atoms with Crippen LogP contribution in [0.4, 0.5) is 0 Å². The normalized spacial score (nSPS) is 23.8. The highest BCUT2D eigenvalue weighted by molar-refractivity contribution is 4.99. The van der Waals surface area contributed by atoms with E-state index >= 15 is 0 Å². The zero-order valence-corrected chi connectivity index (χ0v) is 9.28. The lowest BCUT2D eigenvalue weighted by atomic mass is 9.61. The highest BCUT2D eigenvalue weighted by Crippen LogP contribution is 2.47. The van der Waals surface area contributed by atoms with Crippen molar-refractivity contribution in [3.05, 3.63) is 0 Å². The molecule has 0 spiro atoms. The lowest BCUT2D eigenvalue weighted by Crippen LogP contribution is -2.60. The summed E-state index contributed by atoms with van der Waals surface area (Å²) in [6, 6.07) is 0. The van der Waals surface area contributed by atoms with Crippen LogP contribution in [-0.2, 0) is 0 Å². The van der Waals surface area contributed by atoms with Crippen LogP contribution in [0.1, 0.15) is 41.0 Å². The fraction of sp³-hybridized carbons (Fsp3) is 1.00. The number of likely N-dealkylation sites (tertiary alicyclic amines) is 1. The third-order valence-corrected chi connectivity index (χ3v) is 4.11. The molecule has 1 saturated heterocycles. The van der Waals surface area contributed by atoms with Gasteiger partial charge in [0.05, 0.1) is 0 Å². The Morgan fingerprint density at radius 1 is 1.25 bits per heavy atom. The van der Waals surface area contributed by atoms with Gasteiger partial charge in [-0.1, -0.05) is 41.0 Å². The van der Waals surface area contributed by atoms with E-state index in [1.807, 2.05) is 0 Å². The Bertz CT molecular complexity index is 154. The maximum absolute atomic E-state index is 2.53. The predicted molar refractivity (Wildman–Crippen MR) is 54.3 cm³/mol. The van der Waals surface area contributed by atoms with Gasteiger partial charge in [0.25, 0.3) is 0 Å². The smallest absolute Gasteiger partial charge is 0.00528 e. The Morgan fingerprint density at radius 2 is 1.75 bits per heavy atom. The molecule has 0 aromatic heterocycles. The van der Waals surface area contributed by atoms with Gasteiger partial charge in [-0.05, 0) is 17.4 Å². The molecule has 0 atom stereocenters. The molecule has 1 aliphatic heterocycles. The molecule has 1 aliphatic rings. The minimum Gasteiger partial charge on any atom is -0.302 e. The fourth-order valence-corrected chi connectivity index (χ4v) is 2.02. The average molecular weight is 169 g/mol. The molecular weight excluding hydrogens is 146 g/mol. The summed E-state index contributed by atoms with van der Waals surface area (Å²) in [5, 5.41) is 0. The molecule has 0 N–H and O–H groups in total. The zero-order chi connectivity index (χ0) is 9.41. The van der Waals surface area contributed by atoms with Gasteiger partial charge in [-0.25, -0.2) is 0 Å². The fourth-order valence-electron chi connectivity index (χ4n) is 2.02. The van der Waals surface area contributed by atoms with Gasteiger partial charge in [0.1, 0.15) is 0 Å². The van der Waals surface area contributed by atoms with Crippen molar-refractivity contribution in [2.24, 2.45) is 10.8 Å². The Labute approximate surface area is 77.1 Å². The molecule has 1 heterocycles. The number of hydrogen-bond acceptors (Lipinski definition) is 1. The molecule has 0 bridgehead atoms. The summed E-state index contributed by atoms with van der Waals surface area (Å²) in [7, 11) is 0. The van der Waals surface area contributed by atoms with E-state index in [1.165, 1.54) is 26.1 Å². The first-order valence-electron chi connectivity index (χ1n) is 5.17. The van der Waals surface area contributed by atoms with Gasteiger partial charge in [0.15, 0.2) is 0 Å². The lowest BCUT2D eigenvalue weighted by Gasteiger charge is -2.56. The molecular formula is C11H23N. The summed E-state index contributed by atoms with van der Waals surface area (Å²) in [6.45, 7) is 15.6. The first-order valence-corrected chi connectivity index (χ1v) is 5.17. The van der Waals surface area contributed by atoms with Crippen molar-refractivity contribution in [3.63, 3.8) is 0 Å². The molecule has 12 heavy (non-hydrogen) atoms. The molecule has 1 nitrogen and oxygen atoms in total. The molecule has 1 fully saturated rings. The third kappa shape index (κ3) is 1.39. The summed E-state index contributed by atoms with van der Waals surface area (Å²) in [5.41, 5.74) is 1.08. The van der Waals surface area contributed by atoms with Gasteiger partial charge >= 0.3 is 0 Å². The van der Waals surface area contributed by atoms with E-state index in [4.69, 9.17) is 0 Å². The van der Waals surface area contributed by atoms with Gasteiger partial charge in [-0.3, -0.25) is 0 Å². The summed E-state index contributed by atoms with van der Waals surface area (Å²) in [6.07, 6.45) is 1.29. The van der Waals surface area contributed by atoms with Gasteiger partial charge in [0, 0.05) is 13.1 Å². The Balaban J connectivity index is 2.54. The minimum absolute atomic E-state index is 0.513. The van der Waals surface area contributed by atoms with Crippen molar-refractivity contribution in [2.45, 2.75) is 41.0 Å². The molecule has 1 heteroatoms. The van der Waals surface area contributed by atoms with Crippen molar-refractivity contribution in [1.82, 2.24) is 4.90 Å². The first kappa shape index (κ1) is 10.0. The maximum atomic E-state index is 2.53. The average Bonchev–Trinajstić information content (AvgIpc) is 1.98. The molecule has 0 radical (unpaired) electrons. The molecule has 1 rings (SSSR count). The molecule has 0 unspecified atom stereocenters. The van der Waals surface area contributed by atoms with E-state index in [-0.39, 0.29) is 0 Å². The third-order valence-electron chi connectivity index (χ3n) is 4.11. The minimum atomic E-state index is 0.513. The van der Waals surface area contributed by atoms with E-state index in [2.05, 4.69) is 39.5 Å². The molecule has 0 aromatic carbocycles. The Morgan fingerprint density at radius 3 is 2.08 bits per heavy atom. The van der Waals surface area contributed by atoms with Crippen LogP contribution in [0.2, 0.25) is 0 Å². The molecule has 0 aromatic rings. The van der Waals surface area contributed by atoms with E-state index < -0.39 is 0 Å². The quantitative estimate of drug-likeness (QED) is 0.628. The summed E-state index contributed by atoms with van der Waals surface area (Å²) in [4.78, 5) is 2.53. The summed E-state index contributed by atoms with van der Waals surface area (Å²) >= 11 is 0. The monoisotopic (exact) mass is 169 g/mol. The van der Waals surface area contributed by atoms with Crippen molar-refractivity contribution in [2.75, 3.05) is 19.6 Å². The van der Waals surface area contributed by atoms with Crippen LogP contribution in [-0.4, -0.2) is 24.5 Å². The van der Waals surface area contributed by atoms with Crippen LogP contribution in [0.5, 0.6) is 0 Å². The Hall–Kier alpha value is -0.0400. The van der Waals surface area contributed by atoms with E-state index in [0.29, 0.717) is 10.8 Å². The maximum Gasteiger partial charge on any atom is 0.00528 e. The zero-order valence-electron chi connectivity index (χ0n) is 9.28. The second-order valence-electron chi connectivity index (χ2n) is 5.10. The number of rotatable bonds is 3. The summed E-state index contributed by atoms with van der Waals surface area (Å²) < 4.78 is 0. The predicted octanol–water partition coefficient (Wildman–Crippen LogP) is 2.76. The first-order chi connectivity index (χ1) is 5.45.